The zero-order valence-corrected chi connectivity index (χ0v) is 13.9. The number of aliphatic hydroxyl groups is 1. The van der Waals surface area contributed by atoms with E-state index in [-0.39, 0.29) is 12.0 Å². The number of hydrogen-bond donors (Lipinski definition) is 1. The zero-order chi connectivity index (χ0) is 15.9. The molecular formula is C16H19N3O2S. The first-order valence-corrected chi connectivity index (χ1v) is 7.90. The molecule has 0 amide bonds. The Morgan fingerprint density at radius 1 is 1.27 bits per heavy atom. The van der Waals surface area contributed by atoms with E-state index >= 15 is 0 Å². The molecule has 0 radical (unpaired) electrons. The second kappa shape index (κ2) is 5.37. The Labute approximate surface area is 133 Å². The fourth-order valence-corrected chi connectivity index (χ4v) is 3.41. The minimum Gasteiger partial charge on any atom is -0.496 e. The molecule has 22 heavy (non-hydrogen) atoms. The van der Waals surface area contributed by atoms with E-state index in [1.807, 2.05) is 24.3 Å². The number of hydrogen-bond acceptors (Lipinski definition) is 5. The second-order valence-electron chi connectivity index (χ2n) is 6.12. The van der Waals surface area contributed by atoms with Crippen LogP contribution in [0.25, 0.3) is 15.5 Å². The number of benzene rings is 1. The van der Waals surface area contributed by atoms with Crippen molar-refractivity contribution in [1.29, 1.82) is 0 Å². The average molecular weight is 317 g/mol. The summed E-state index contributed by atoms with van der Waals surface area (Å²) in [5.74, 6) is 0.779. The van der Waals surface area contributed by atoms with Crippen LogP contribution >= 0.6 is 11.3 Å². The van der Waals surface area contributed by atoms with Gasteiger partial charge in [0, 0.05) is 5.41 Å². The maximum Gasteiger partial charge on any atom is 0.213 e. The molecule has 0 fully saturated rings. The zero-order valence-electron chi connectivity index (χ0n) is 13.1. The van der Waals surface area contributed by atoms with Gasteiger partial charge in [-0.05, 0) is 12.1 Å². The quantitative estimate of drug-likeness (QED) is 0.805. The number of para-hydroxylation sites is 1. The molecule has 0 aliphatic carbocycles. The standard InChI is InChI=1S/C16H19N3O2S/c1-16(2,3)13-11(9-20)19-15(17-13)22-14(18-19)10-7-5-6-8-12(10)21-4/h5-8,20H,9H2,1-4H3. The molecule has 0 saturated heterocycles. The van der Waals surface area contributed by atoms with Crippen LogP contribution in [0.4, 0.5) is 0 Å². The molecule has 3 aromatic rings. The highest BCUT2D eigenvalue weighted by atomic mass is 32.1. The number of imidazole rings is 1. The van der Waals surface area contributed by atoms with Crippen molar-refractivity contribution in [2.75, 3.05) is 7.11 Å². The van der Waals surface area contributed by atoms with Crippen molar-refractivity contribution in [2.45, 2.75) is 32.8 Å². The molecule has 0 bridgehead atoms. The van der Waals surface area contributed by atoms with E-state index in [1.165, 1.54) is 11.3 Å². The minimum absolute atomic E-state index is 0.0805. The van der Waals surface area contributed by atoms with E-state index in [4.69, 9.17) is 4.74 Å². The summed E-state index contributed by atoms with van der Waals surface area (Å²) in [6.45, 7) is 6.17. The molecule has 0 aliphatic rings. The molecule has 5 nitrogen and oxygen atoms in total. The summed E-state index contributed by atoms with van der Waals surface area (Å²) >= 11 is 1.50. The molecule has 0 unspecified atom stereocenters. The van der Waals surface area contributed by atoms with Gasteiger partial charge in [-0.25, -0.2) is 9.50 Å². The number of ether oxygens (including phenoxy) is 1. The van der Waals surface area contributed by atoms with E-state index in [2.05, 4.69) is 30.9 Å². The molecule has 3 rings (SSSR count). The summed E-state index contributed by atoms with van der Waals surface area (Å²) in [5, 5.41) is 15.2. The van der Waals surface area contributed by atoms with Crippen molar-refractivity contribution in [3.05, 3.63) is 35.7 Å². The molecule has 1 aromatic carbocycles. The molecule has 0 spiro atoms. The number of methoxy groups -OCH3 is 1. The lowest BCUT2D eigenvalue weighted by Gasteiger charge is -2.16. The van der Waals surface area contributed by atoms with Crippen LogP contribution in [0.1, 0.15) is 32.2 Å². The SMILES string of the molecule is COc1ccccc1-c1nn2c(CO)c(C(C)(C)C)nc2s1. The fourth-order valence-electron chi connectivity index (χ4n) is 2.46. The van der Waals surface area contributed by atoms with Gasteiger partial charge >= 0.3 is 0 Å². The van der Waals surface area contributed by atoms with Gasteiger partial charge in [0.1, 0.15) is 5.75 Å². The highest BCUT2D eigenvalue weighted by molar-refractivity contribution is 7.19. The predicted octanol–water partition coefficient (Wildman–Crippen LogP) is 3.26. The van der Waals surface area contributed by atoms with E-state index in [1.54, 1.807) is 11.6 Å². The smallest absolute Gasteiger partial charge is 0.213 e. The predicted molar refractivity (Wildman–Crippen MR) is 87.5 cm³/mol. The van der Waals surface area contributed by atoms with Crippen molar-refractivity contribution < 1.29 is 9.84 Å². The van der Waals surface area contributed by atoms with Crippen LogP contribution in [-0.2, 0) is 12.0 Å². The summed E-state index contributed by atoms with van der Waals surface area (Å²) in [7, 11) is 1.65. The first-order chi connectivity index (χ1) is 10.5. The number of nitrogens with zero attached hydrogens (tertiary/aromatic N) is 3. The van der Waals surface area contributed by atoms with Gasteiger partial charge in [-0.15, -0.1) is 0 Å². The van der Waals surface area contributed by atoms with Crippen LogP contribution in [-0.4, -0.2) is 26.8 Å². The summed E-state index contributed by atoms with van der Waals surface area (Å²) < 4.78 is 7.14. The Balaban J connectivity index is 2.18. The van der Waals surface area contributed by atoms with Crippen LogP contribution in [0, 0.1) is 0 Å². The van der Waals surface area contributed by atoms with Gasteiger partial charge in [0.25, 0.3) is 0 Å². The minimum atomic E-state index is -0.129. The first kappa shape index (κ1) is 15.0. The normalized spacial score (nSPS) is 12.0. The molecule has 2 aromatic heterocycles. The fraction of sp³-hybridized carbons (Fsp3) is 0.375. The Morgan fingerprint density at radius 2 is 2.00 bits per heavy atom. The lowest BCUT2D eigenvalue weighted by Crippen LogP contribution is -2.15. The molecule has 116 valence electrons. The molecule has 0 aliphatic heterocycles. The number of rotatable bonds is 3. The maximum absolute atomic E-state index is 9.73. The Kier molecular flexibility index (Phi) is 3.66. The van der Waals surface area contributed by atoms with E-state index < -0.39 is 0 Å². The molecule has 6 heteroatoms. The number of aliphatic hydroxyl groups excluding tert-OH is 1. The first-order valence-electron chi connectivity index (χ1n) is 7.09. The Hall–Kier alpha value is -1.92. The molecule has 1 N–H and O–H groups in total. The molecular weight excluding hydrogens is 298 g/mol. The van der Waals surface area contributed by atoms with Crippen LogP contribution in [0.3, 0.4) is 0 Å². The molecule has 2 heterocycles. The summed E-state index contributed by atoms with van der Waals surface area (Å²) in [4.78, 5) is 5.46. The third kappa shape index (κ3) is 2.38. The van der Waals surface area contributed by atoms with Crippen LogP contribution in [0.2, 0.25) is 0 Å². The van der Waals surface area contributed by atoms with Gasteiger partial charge in [-0.1, -0.05) is 44.2 Å². The largest absolute Gasteiger partial charge is 0.496 e. The highest BCUT2D eigenvalue weighted by Gasteiger charge is 2.25. The topological polar surface area (TPSA) is 59.7 Å². The second-order valence-corrected chi connectivity index (χ2v) is 7.07. The monoisotopic (exact) mass is 317 g/mol. The van der Waals surface area contributed by atoms with Gasteiger partial charge in [0.15, 0.2) is 5.01 Å². The van der Waals surface area contributed by atoms with E-state index in [0.717, 1.165) is 32.7 Å². The average Bonchev–Trinajstić information content (AvgIpc) is 3.03. The van der Waals surface area contributed by atoms with Gasteiger partial charge in [-0.3, -0.25) is 0 Å². The maximum atomic E-state index is 9.73. The Morgan fingerprint density at radius 3 is 2.64 bits per heavy atom. The van der Waals surface area contributed by atoms with Gasteiger partial charge in [0.05, 0.1) is 30.7 Å². The van der Waals surface area contributed by atoms with Gasteiger partial charge < -0.3 is 9.84 Å². The lowest BCUT2D eigenvalue weighted by molar-refractivity contribution is 0.270. The van der Waals surface area contributed by atoms with Crippen molar-refractivity contribution in [3.8, 4) is 16.3 Å². The summed E-state index contributed by atoms with van der Waals surface area (Å²) in [6.07, 6.45) is 0. The third-order valence-electron chi connectivity index (χ3n) is 3.49. The van der Waals surface area contributed by atoms with Crippen molar-refractivity contribution >= 4 is 16.3 Å². The van der Waals surface area contributed by atoms with Crippen LogP contribution < -0.4 is 4.74 Å². The molecule has 0 saturated carbocycles. The van der Waals surface area contributed by atoms with E-state index in [0.29, 0.717) is 0 Å². The van der Waals surface area contributed by atoms with Gasteiger partial charge in [-0.2, -0.15) is 5.10 Å². The van der Waals surface area contributed by atoms with Crippen molar-refractivity contribution in [2.24, 2.45) is 0 Å². The summed E-state index contributed by atoms with van der Waals surface area (Å²) in [5.41, 5.74) is 2.44. The number of fused-ring (bicyclic) bond motifs is 1. The highest BCUT2D eigenvalue weighted by Crippen LogP contribution is 2.35. The van der Waals surface area contributed by atoms with Gasteiger partial charge in [0.2, 0.25) is 4.96 Å². The lowest BCUT2D eigenvalue weighted by atomic mass is 9.91. The Bertz CT molecular complexity index is 815. The molecule has 0 atom stereocenters. The number of aromatic nitrogens is 3. The van der Waals surface area contributed by atoms with Crippen LogP contribution in [0.15, 0.2) is 24.3 Å². The third-order valence-corrected chi connectivity index (χ3v) is 4.44. The van der Waals surface area contributed by atoms with Crippen molar-refractivity contribution in [1.82, 2.24) is 14.6 Å². The van der Waals surface area contributed by atoms with E-state index in [9.17, 15) is 5.11 Å². The van der Waals surface area contributed by atoms with Crippen LogP contribution in [0.5, 0.6) is 5.75 Å². The summed E-state index contributed by atoms with van der Waals surface area (Å²) in [6, 6.07) is 7.76. The van der Waals surface area contributed by atoms with Crippen molar-refractivity contribution in [3.63, 3.8) is 0 Å².